The minimum atomic E-state index is -0.413. The van der Waals surface area contributed by atoms with Gasteiger partial charge in [0.25, 0.3) is 0 Å². The van der Waals surface area contributed by atoms with Gasteiger partial charge >= 0.3 is 5.97 Å². The molecule has 0 saturated carbocycles. The summed E-state index contributed by atoms with van der Waals surface area (Å²) in [6.07, 6.45) is 1.93. The van der Waals surface area contributed by atoms with Crippen molar-refractivity contribution in [1.82, 2.24) is 9.38 Å². The zero-order valence-corrected chi connectivity index (χ0v) is 9.59. The Hall–Kier alpha value is -1.88. The van der Waals surface area contributed by atoms with Crippen molar-refractivity contribution in [3.05, 3.63) is 35.8 Å². The van der Waals surface area contributed by atoms with E-state index in [-0.39, 0.29) is 19.6 Å². The van der Waals surface area contributed by atoms with E-state index in [0.717, 1.165) is 17.0 Å². The van der Waals surface area contributed by atoms with E-state index in [9.17, 15) is 4.79 Å². The Labute approximate surface area is 98.7 Å². The largest absolute Gasteiger partial charge is 0.459 e. The van der Waals surface area contributed by atoms with Gasteiger partial charge in [-0.2, -0.15) is 0 Å². The summed E-state index contributed by atoms with van der Waals surface area (Å²) in [5.74, 6) is -0.413. The Morgan fingerprint density at radius 1 is 1.53 bits per heavy atom. The molecule has 5 nitrogen and oxygen atoms in total. The predicted octanol–water partition coefficient (Wildman–Crippen LogP) is 1.07. The van der Waals surface area contributed by atoms with Crippen LogP contribution in [0.1, 0.15) is 17.8 Å². The molecule has 17 heavy (non-hydrogen) atoms. The van der Waals surface area contributed by atoms with E-state index in [1.165, 1.54) is 0 Å². The molecule has 2 aromatic heterocycles. The van der Waals surface area contributed by atoms with E-state index >= 15 is 0 Å². The molecule has 2 aromatic rings. The highest BCUT2D eigenvalue weighted by Crippen LogP contribution is 2.12. The van der Waals surface area contributed by atoms with E-state index in [2.05, 4.69) is 4.98 Å². The van der Waals surface area contributed by atoms with Crippen LogP contribution in [0.25, 0.3) is 5.65 Å². The second-order valence-corrected chi connectivity index (χ2v) is 3.71. The maximum Gasteiger partial charge on any atom is 0.308 e. The van der Waals surface area contributed by atoms with Gasteiger partial charge in [-0.15, -0.1) is 0 Å². The van der Waals surface area contributed by atoms with Crippen molar-refractivity contribution in [1.29, 1.82) is 0 Å². The molecule has 0 fully saturated rings. The number of ether oxygens (including phenoxy) is 1. The summed E-state index contributed by atoms with van der Waals surface area (Å²) in [5, 5.41) is 8.58. The van der Waals surface area contributed by atoms with Crippen molar-refractivity contribution >= 4 is 11.6 Å². The molecule has 0 aliphatic carbocycles. The molecule has 1 N–H and O–H groups in total. The lowest BCUT2D eigenvalue weighted by Gasteiger charge is -2.02. The fraction of sp³-hybridized carbons (Fsp3) is 0.333. The minimum Gasteiger partial charge on any atom is -0.459 e. The first-order valence-electron chi connectivity index (χ1n) is 5.41. The Bertz CT molecular complexity index is 534. The van der Waals surface area contributed by atoms with Crippen molar-refractivity contribution in [2.24, 2.45) is 0 Å². The number of imidazole rings is 1. The van der Waals surface area contributed by atoms with Crippen LogP contribution < -0.4 is 0 Å². The molecule has 2 heterocycles. The molecule has 0 spiro atoms. The van der Waals surface area contributed by atoms with Crippen LogP contribution in [0.15, 0.2) is 24.4 Å². The fourth-order valence-corrected chi connectivity index (χ4v) is 1.62. The van der Waals surface area contributed by atoms with Crippen molar-refractivity contribution < 1.29 is 14.6 Å². The predicted molar refractivity (Wildman–Crippen MR) is 61.4 cm³/mol. The first-order valence-corrected chi connectivity index (χ1v) is 5.41. The zero-order valence-electron chi connectivity index (χ0n) is 9.59. The number of carbonyl (C=O) groups excluding carboxylic acids is 1. The summed E-state index contributed by atoms with van der Waals surface area (Å²) in [6, 6.07) is 5.72. The number of hydrogen-bond donors (Lipinski definition) is 1. The van der Waals surface area contributed by atoms with Gasteiger partial charge in [0.1, 0.15) is 12.3 Å². The van der Waals surface area contributed by atoms with Crippen molar-refractivity contribution in [2.45, 2.75) is 20.0 Å². The van der Waals surface area contributed by atoms with Gasteiger partial charge in [0.2, 0.25) is 0 Å². The molecule has 0 aromatic carbocycles. The van der Waals surface area contributed by atoms with Crippen LogP contribution in [-0.4, -0.2) is 27.1 Å². The molecule has 0 radical (unpaired) electrons. The zero-order chi connectivity index (χ0) is 12.3. The minimum absolute atomic E-state index is 0.0203. The van der Waals surface area contributed by atoms with Gasteiger partial charge in [-0.3, -0.25) is 4.79 Å². The third-order valence-electron chi connectivity index (χ3n) is 2.55. The second-order valence-electron chi connectivity index (χ2n) is 3.71. The average Bonchev–Trinajstić information content (AvgIpc) is 2.65. The van der Waals surface area contributed by atoms with Gasteiger partial charge in [-0.05, 0) is 19.1 Å². The smallest absolute Gasteiger partial charge is 0.308 e. The number of pyridine rings is 1. The normalized spacial score (nSPS) is 10.7. The number of aliphatic hydroxyl groups excluding tert-OH is 1. The summed E-state index contributed by atoms with van der Waals surface area (Å²) in [5.41, 5.74) is 2.53. The molecule has 0 bridgehead atoms. The highest BCUT2D eigenvalue weighted by molar-refractivity contribution is 5.69. The Kier molecular flexibility index (Phi) is 3.39. The molecule has 0 unspecified atom stereocenters. The molecule has 2 rings (SSSR count). The van der Waals surface area contributed by atoms with Crippen molar-refractivity contribution in [3.8, 4) is 0 Å². The summed E-state index contributed by atoms with van der Waals surface area (Å²) < 4.78 is 6.94. The van der Waals surface area contributed by atoms with Gasteiger partial charge in [0.15, 0.2) is 0 Å². The topological polar surface area (TPSA) is 63.8 Å². The quantitative estimate of drug-likeness (QED) is 0.804. The van der Waals surface area contributed by atoms with Crippen LogP contribution in [0.4, 0.5) is 0 Å². The third-order valence-corrected chi connectivity index (χ3v) is 2.55. The Balaban J connectivity index is 2.14. The SMILES string of the molecule is Cc1c(COC(=O)CCO)nc2ccccn12. The maximum atomic E-state index is 11.1. The molecule has 0 amide bonds. The van der Waals surface area contributed by atoms with Crippen molar-refractivity contribution in [3.63, 3.8) is 0 Å². The lowest BCUT2D eigenvalue weighted by molar-refractivity contribution is -0.145. The second kappa shape index (κ2) is 4.97. The van der Waals surface area contributed by atoms with Gasteiger partial charge in [0, 0.05) is 11.9 Å². The molecule has 0 aliphatic rings. The van der Waals surface area contributed by atoms with Gasteiger partial charge < -0.3 is 14.2 Å². The molecule has 90 valence electrons. The van der Waals surface area contributed by atoms with E-state index in [1.54, 1.807) is 0 Å². The maximum absolute atomic E-state index is 11.1. The standard InChI is InChI=1S/C12H14N2O3/c1-9-10(8-17-12(16)5-7-15)13-11-4-2-3-6-14(9)11/h2-4,6,15H,5,7-8H2,1H3. The Morgan fingerprint density at radius 2 is 2.35 bits per heavy atom. The van der Waals surface area contributed by atoms with Crippen LogP contribution >= 0.6 is 0 Å². The van der Waals surface area contributed by atoms with E-state index < -0.39 is 5.97 Å². The number of aliphatic hydroxyl groups is 1. The number of fused-ring (bicyclic) bond motifs is 1. The molecular weight excluding hydrogens is 220 g/mol. The number of aryl methyl sites for hydroxylation is 1. The average molecular weight is 234 g/mol. The van der Waals surface area contributed by atoms with Crippen LogP contribution in [0, 0.1) is 6.92 Å². The highest BCUT2D eigenvalue weighted by atomic mass is 16.5. The van der Waals surface area contributed by atoms with Crippen LogP contribution in [-0.2, 0) is 16.1 Å². The molecule has 0 aliphatic heterocycles. The third kappa shape index (κ3) is 2.45. The number of aromatic nitrogens is 2. The molecule has 5 heteroatoms. The summed E-state index contributed by atoms with van der Waals surface area (Å²) in [7, 11) is 0. The summed E-state index contributed by atoms with van der Waals surface area (Å²) in [4.78, 5) is 15.5. The molecular formula is C12H14N2O3. The summed E-state index contributed by atoms with van der Waals surface area (Å²) >= 11 is 0. The highest BCUT2D eigenvalue weighted by Gasteiger charge is 2.09. The van der Waals surface area contributed by atoms with E-state index in [1.807, 2.05) is 35.7 Å². The Morgan fingerprint density at radius 3 is 3.06 bits per heavy atom. The lowest BCUT2D eigenvalue weighted by atomic mass is 10.3. The van der Waals surface area contributed by atoms with Crippen LogP contribution in [0.2, 0.25) is 0 Å². The lowest BCUT2D eigenvalue weighted by Crippen LogP contribution is -2.07. The van der Waals surface area contributed by atoms with E-state index in [0.29, 0.717) is 0 Å². The van der Waals surface area contributed by atoms with Gasteiger partial charge in [-0.1, -0.05) is 6.07 Å². The van der Waals surface area contributed by atoms with Gasteiger partial charge in [-0.25, -0.2) is 4.98 Å². The van der Waals surface area contributed by atoms with Crippen LogP contribution in [0.3, 0.4) is 0 Å². The monoisotopic (exact) mass is 234 g/mol. The summed E-state index contributed by atoms with van der Waals surface area (Å²) in [6.45, 7) is 1.88. The fourth-order valence-electron chi connectivity index (χ4n) is 1.62. The van der Waals surface area contributed by atoms with Crippen molar-refractivity contribution in [2.75, 3.05) is 6.61 Å². The molecule has 0 atom stereocenters. The number of nitrogens with zero attached hydrogens (tertiary/aromatic N) is 2. The number of esters is 1. The number of hydrogen-bond acceptors (Lipinski definition) is 4. The number of carbonyl (C=O) groups is 1. The number of rotatable bonds is 4. The van der Waals surface area contributed by atoms with E-state index in [4.69, 9.17) is 9.84 Å². The van der Waals surface area contributed by atoms with Gasteiger partial charge in [0.05, 0.1) is 18.7 Å². The first-order chi connectivity index (χ1) is 8.22. The molecule has 0 saturated heterocycles. The first kappa shape index (κ1) is 11.6. The van der Waals surface area contributed by atoms with Crippen LogP contribution in [0.5, 0.6) is 0 Å².